The van der Waals surface area contributed by atoms with E-state index in [1.54, 1.807) is 0 Å². The molecular weight excluding hydrogens is 218 g/mol. The minimum Gasteiger partial charge on any atom is -0.313 e. The molecule has 1 unspecified atom stereocenters. The maximum Gasteiger partial charge on any atom is 0.0596 e. The average Bonchev–Trinajstić information content (AvgIpc) is 2.84. The SMILES string of the molecule is Cc1cc(C)n(CCCNC2CCSC2)n1. The summed E-state index contributed by atoms with van der Waals surface area (Å²) in [5.41, 5.74) is 2.39. The molecule has 1 aliphatic rings. The standard InChI is InChI=1S/C12H21N3S/c1-10-8-11(2)15(14-10)6-3-5-13-12-4-7-16-9-12/h8,12-13H,3-7,9H2,1-2H3. The summed E-state index contributed by atoms with van der Waals surface area (Å²) in [4.78, 5) is 0. The smallest absolute Gasteiger partial charge is 0.0596 e. The van der Waals surface area contributed by atoms with Crippen molar-refractivity contribution < 1.29 is 0 Å². The molecule has 1 fully saturated rings. The number of hydrogen-bond donors (Lipinski definition) is 1. The molecule has 16 heavy (non-hydrogen) atoms. The molecule has 4 heteroatoms. The molecule has 1 aromatic rings. The predicted octanol–water partition coefficient (Wildman–Crippen LogP) is 1.99. The first-order valence-electron chi connectivity index (χ1n) is 6.08. The number of aromatic nitrogens is 2. The number of aryl methyl sites for hydroxylation is 3. The third-order valence-electron chi connectivity index (χ3n) is 3.01. The molecule has 0 saturated carbocycles. The Labute approximate surface area is 102 Å². The van der Waals surface area contributed by atoms with Gasteiger partial charge in [-0.15, -0.1) is 0 Å². The Morgan fingerprint density at radius 2 is 2.44 bits per heavy atom. The third-order valence-corrected chi connectivity index (χ3v) is 4.18. The van der Waals surface area contributed by atoms with Gasteiger partial charge in [0, 0.05) is 24.0 Å². The largest absolute Gasteiger partial charge is 0.313 e. The second kappa shape index (κ2) is 5.73. The Kier molecular flexibility index (Phi) is 4.29. The highest BCUT2D eigenvalue weighted by Crippen LogP contribution is 2.16. The fraction of sp³-hybridized carbons (Fsp3) is 0.750. The van der Waals surface area contributed by atoms with E-state index < -0.39 is 0 Å². The first-order valence-corrected chi connectivity index (χ1v) is 7.23. The normalized spacial score (nSPS) is 20.5. The van der Waals surface area contributed by atoms with Gasteiger partial charge in [0.2, 0.25) is 0 Å². The van der Waals surface area contributed by atoms with E-state index in [-0.39, 0.29) is 0 Å². The van der Waals surface area contributed by atoms with Gasteiger partial charge < -0.3 is 5.32 Å². The van der Waals surface area contributed by atoms with Gasteiger partial charge in [0.05, 0.1) is 5.69 Å². The van der Waals surface area contributed by atoms with Crippen LogP contribution in [0.5, 0.6) is 0 Å². The van der Waals surface area contributed by atoms with Gasteiger partial charge in [-0.25, -0.2) is 0 Å². The first-order chi connectivity index (χ1) is 7.75. The molecule has 0 aromatic carbocycles. The van der Waals surface area contributed by atoms with Crippen molar-refractivity contribution >= 4 is 11.8 Å². The molecule has 1 N–H and O–H groups in total. The third kappa shape index (κ3) is 3.25. The monoisotopic (exact) mass is 239 g/mol. The summed E-state index contributed by atoms with van der Waals surface area (Å²) in [5, 5.41) is 8.08. The maximum absolute atomic E-state index is 4.46. The second-order valence-corrected chi connectivity index (χ2v) is 5.67. The zero-order valence-corrected chi connectivity index (χ0v) is 11.0. The van der Waals surface area contributed by atoms with Crippen LogP contribution >= 0.6 is 11.8 Å². The fourth-order valence-corrected chi connectivity index (χ4v) is 3.32. The van der Waals surface area contributed by atoms with E-state index in [0.29, 0.717) is 0 Å². The highest BCUT2D eigenvalue weighted by atomic mass is 32.2. The van der Waals surface area contributed by atoms with Gasteiger partial charge in [-0.3, -0.25) is 4.68 Å². The van der Waals surface area contributed by atoms with Crippen LogP contribution in [0.15, 0.2) is 6.07 Å². The molecule has 0 spiro atoms. The lowest BCUT2D eigenvalue weighted by molar-refractivity contribution is 0.495. The van der Waals surface area contributed by atoms with Crippen molar-refractivity contribution in [2.75, 3.05) is 18.1 Å². The summed E-state index contributed by atoms with van der Waals surface area (Å²) in [6.45, 7) is 6.33. The van der Waals surface area contributed by atoms with Gasteiger partial charge in [-0.1, -0.05) is 0 Å². The second-order valence-electron chi connectivity index (χ2n) is 4.52. The summed E-state index contributed by atoms with van der Waals surface area (Å²) in [7, 11) is 0. The highest BCUT2D eigenvalue weighted by molar-refractivity contribution is 7.99. The van der Waals surface area contributed by atoms with Crippen molar-refractivity contribution in [3.63, 3.8) is 0 Å². The van der Waals surface area contributed by atoms with Crippen molar-refractivity contribution in [1.29, 1.82) is 0 Å². The first kappa shape index (κ1) is 12.0. The topological polar surface area (TPSA) is 29.9 Å². The number of hydrogen-bond acceptors (Lipinski definition) is 3. The van der Waals surface area contributed by atoms with E-state index in [0.717, 1.165) is 24.8 Å². The van der Waals surface area contributed by atoms with Crippen LogP contribution in [-0.2, 0) is 6.54 Å². The van der Waals surface area contributed by atoms with Crippen LogP contribution in [0.2, 0.25) is 0 Å². The Hall–Kier alpha value is -0.480. The molecule has 3 nitrogen and oxygen atoms in total. The zero-order valence-electron chi connectivity index (χ0n) is 10.2. The summed E-state index contributed by atoms with van der Waals surface area (Å²) in [6, 6.07) is 2.89. The minimum atomic E-state index is 0.755. The molecule has 0 bridgehead atoms. The number of nitrogens with one attached hydrogen (secondary N) is 1. The van der Waals surface area contributed by atoms with E-state index in [4.69, 9.17) is 0 Å². The molecule has 0 amide bonds. The molecule has 90 valence electrons. The van der Waals surface area contributed by atoms with Crippen LogP contribution in [0.1, 0.15) is 24.2 Å². The summed E-state index contributed by atoms with van der Waals surface area (Å²) in [6.07, 6.45) is 2.51. The van der Waals surface area contributed by atoms with Crippen molar-refractivity contribution in [2.45, 2.75) is 39.3 Å². The van der Waals surface area contributed by atoms with Gasteiger partial charge in [-0.05, 0) is 45.1 Å². The average molecular weight is 239 g/mol. The highest BCUT2D eigenvalue weighted by Gasteiger charge is 2.13. The minimum absolute atomic E-state index is 0.755. The van der Waals surface area contributed by atoms with Crippen LogP contribution in [0.25, 0.3) is 0 Å². The molecule has 2 heterocycles. The predicted molar refractivity (Wildman–Crippen MR) is 70.1 cm³/mol. The van der Waals surface area contributed by atoms with E-state index >= 15 is 0 Å². The maximum atomic E-state index is 4.46. The van der Waals surface area contributed by atoms with Gasteiger partial charge in [0.1, 0.15) is 0 Å². The summed E-state index contributed by atoms with van der Waals surface area (Å²) < 4.78 is 2.11. The molecule has 1 aliphatic heterocycles. The molecule has 1 saturated heterocycles. The fourth-order valence-electron chi connectivity index (χ4n) is 2.13. The molecule has 0 aliphatic carbocycles. The quantitative estimate of drug-likeness (QED) is 0.797. The van der Waals surface area contributed by atoms with Gasteiger partial charge in [0.25, 0.3) is 0 Å². The number of rotatable bonds is 5. The van der Waals surface area contributed by atoms with Crippen molar-refractivity contribution in [3.05, 3.63) is 17.5 Å². The van der Waals surface area contributed by atoms with Crippen LogP contribution in [0, 0.1) is 13.8 Å². The van der Waals surface area contributed by atoms with E-state index in [9.17, 15) is 0 Å². The van der Waals surface area contributed by atoms with Crippen molar-refractivity contribution in [1.82, 2.24) is 15.1 Å². The van der Waals surface area contributed by atoms with E-state index in [1.165, 1.54) is 30.0 Å². The van der Waals surface area contributed by atoms with E-state index in [2.05, 4.69) is 46.8 Å². The molecule has 2 rings (SSSR count). The van der Waals surface area contributed by atoms with Crippen LogP contribution in [-0.4, -0.2) is 33.9 Å². The molecule has 1 atom stereocenters. The number of thioether (sulfide) groups is 1. The lowest BCUT2D eigenvalue weighted by atomic mass is 10.2. The Morgan fingerprint density at radius 3 is 3.06 bits per heavy atom. The lowest BCUT2D eigenvalue weighted by Crippen LogP contribution is -2.30. The Bertz CT molecular complexity index is 329. The van der Waals surface area contributed by atoms with Crippen molar-refractivity contribution in [3.8, 4) is 0 Å². The molecule has 1 aromatic heterocycles. The van der Waals surface area contributed by atoms with Gasteiger partial charge in [0.15, 0.2) is 0 Å². The Balaban J connectivity index is 1.65. The number of nitrogens with zero attached hydrogens (tertiary/aromatic N) is 2. The van der Waals surface area contributed by atoms with Crippen LogP contribution < -0.4 is 5.32 Å². The molecule has 0 radical (unpaired) electrons. The van der Waals surface area contributed by atoms with E-state index in [1.807, 2.05) is 0 Å². The molecular formula is C12H21N3S. The zero-order chi connectivity index (χ0) is 11.4. The van der Waals surface area contributed by atoms with Crippen molar-refractivity contribution in [2.24, 2.45) is 0 Å². The lowest BCUT2D eigenvalue weighted by Gasteiger charge is -2.11. The van der Waals surface area contributed by atoms with Gasteiger partial charge >= 0.3 is 0 Å². The Morgan fingerprint density at radius 1 is 1.56 bits per heavy atom. The summed E-state index contributed by atoms with van der Waals surface area (Å²) >= 11 is 2.06. The van der Waals surface area contributed by atoms with Crippen LogP contribution in [0.3, 0.4) is 0 Å². The van der Waals surface area contributed by atoms with Gasteiger partial charge in [-0.2, -0.15) is 16.9 Å². The van der Waals surface area contributed by atoms with Crippen LogP contribution in [0.4, 0.5) is 0 Å². The summed E-state index contributed by atoms with van der Waals surface area (Å²) in [5.74, 6) is 2.62.